The van der Waals surface area contributed by atoms with Crippen LogP contribution < -0.4 is 9.47 Å². The molecule has 0 saturated heterocycles. The van der Waals surface area contributed by atoms with Gasteiger partial charge in [0.2, 0.25) is 0 Å². The second-order valence-corrected chi connectivity index (χ2v) is 5.53. The molecule has 2 rings (SSSR count). The first kappa shape index (κ1) is 16.1. The molecule has 0 spiro atoms. The van der Waals surface area contributed by atoms with Gasteiger partial charge in [0, 0.05) is 11.3 Å². The molecule has 0 aliphatic carbocycles. The Morgan fingerprint density at radius 3 is 2.27 bits per heavy atom. The van der Waals surface area contributed by atoms with E-state index in [9.17, 15) is 4.79 Å². The van der Waals surface area contributed by atoms with Crippen LogP contribution in [-0.2, 0) is 0 Å². The van der Waals surface area contributed by atoms with Gasteiger partial charge >= 0.3 is 0 Å². The van der Waals surface area contributed by atoms with Gasteiger partial charge in [-0.25, -0.2) is 4.68 Å². The lowest BCUT2D eigenvalue weighted by molar-refractivity contribution is 0.0942. The smallest absolute Gasteiger partial charge is 0.278 e. The van der Waals surface area contributed by atoms with Crippen molar-refractivity contribution in [1.82, 2.24) is 9.78 Å². The second-order valence-electron chi connectivity index (χ2n) is 5.53. The number of rotatable bonds is 4. The van der Waals surface area contributed by atoms with Crippen LogP contribution in [0.25, 0.3) is 0 Å². The van der Waals surface area contributed by atoms with Crippen molar-refractivity contribution in [2.24, 2.45) is 0 Å². The minimum absolute atomic E-state index is 0.173. The van der Waals surface area contributed by atoms with Crippen molar-refractivity contribution >= 4 is 5.91 Å². The predicted molar refractivity (Wildman–Crippen MR) is 85.1 cm³/mol. The molecular weight excluding hydrogens is 280 g/mol. The van der Waals surface area contributed by atoms with E-state index >= 15 is 0 Å². The minimum Gasteiger partial charge on any atom is -0.493 e. The van der Waals surface area contributed by atoms with Crippen molar-refractivity contribution in [2.75, 3.05) is 14.2 Å². The van der Waals surface area contributed by atoms with E-state index < -0.39 is 0 Å². The zero-order chi connectivity index (χ0) is 16.4. The van der Waals surface area contributed by atoms with E-state index in [1.54, 1.807) is 32.4 Å². The van der Waals surface area contributed by atoms with Crippen molar-refractivity contribution in [3.05, 3.63) is 40.7 Å². The normalized spacial score (nSPS) is 10.9. The van der Waals surface area contributed by atoms with Gasteiger partial charge in [0.1, 0.15) is 0 Å². The third-order valence-electron chi connectivity index (χ3n) is 3.75. The lowest BCUT2D eigenvalue weighted by atomic mass is 10.0. The number of aryl methyl sites for hydroxylation is 1. The van der Waals surface area contributed by atoms with E-state index in [1.165, 1.54) is 4.68 Å². The second kappa shape index (κ2) is 6.22. The minimum atomic E-state index is -0.173. The van der Waals surface area contributed by atoms with Crippen LogP contribution in [0.3, 0.4) is 0 Å². The number of carbonyl (C=O) groups excluding carboxylic acids is 1. The Bertz CT molecular complexity index is 702. The van der Waals surface area contributed by atoms with Crippen LogP contribution in [0.5, 0.6) is 11.5 Å². The molecule has 1 aromatic heterocycles. The Hall–Kier alpha value is -2.30. The molecule has 22 heavy (non-hydrogen) atoms. The average Bonchev–Trinajstić information content (AvgIpc) is 2.80. The number of methoxy groups -OCH3 is 2. The van der Waals surface area contributed by atoms with E-state index in [1.807, 2.05) is 13.8 Å². The standard InChI is InChI=1S/C17H22N2O3/c1-10(2)16-11(3)18-19(12(16)4)17(20)13-7-8-14(21-5)15(9-13)22-6/h7-10H,1-6H3. The molecular formula is C17H22N2O3. The van der Waals surface area contributed by atoms with Crippen LogP contribution in [0.4, 0.5) is 0 Å². The molecule has 0 fully saturated rings. The fourth-order valence-electron chi connectivity index (χ4n) is 2.78. The van der Waals surface area contributed by atoms with Crippen LogP contribution in [0, 0.1) is 13.8 Å². The molecule has 0 aliphatic heterocycles. The SMILES string of the molecule is COc1ccc(C(=O)n2nc(C)c(C(C)C)c2C)cc1OC. The van der Waals surface area contributed by atoms with Crippen LogP contribution in [0.2, 0.25) is 0 Å². The summed E-state index contributed by atoms with van der Waals surface area (Å²) in [5, 5.41) is 4.40. The zero-order valence-corrected chi connectivity index (χ0v) is 13.9. The fraction of sp³-hybridized carbons (Fsp3) is 0.412. The average molecular weight is 302 g/mol. The first-order valence-corrected chi connectivity index (χ1v) is 7.23. The maximum atomic E-state index is 12.7. The Balaban J connectivity index is 2.47. The molecule has 5 heteroatoms. The molecule has 0 unspecified atom stereocenters. The highest BCUT2D eigenvalue weighted by Gasteiger charge is 2.20. The van der Waals surface area contributed by atoms with Crippen LogP contribution in [-0.4, -0.2) is 29.9 Å². The van der Waals surface area contributed by atoms with Gasteiger partial charge in [0.25, 0.3) is 5.91 Å². The number of hydrogen-bond acceptors (Lipinski definition) is 4. The lowest BCUT2D eigenvalue weighted by Crippen LogP contribution is -2.15. The molecule has 118 valence electrons. The molecule has 0 N–H and O–H groups in total. The van der Waals surface area contributed by atoms with Gasteiger partial charge in [-0.05, 0) is 43.5 Å². The van der Waals surface area contributed by atoms with Gasteiger partial charge in [-0.15, -0.1) is 0 Å². The summed E-state index contributed by atoms with van der Waals surface area (Å²) in [6.07, 6.45) is 0. The Labute approximate surface area is 130 Å². The number of carbonyl (C=O) groups is 1. The van der Waals surface area contributed by atoms with Crippen molar-refractivity contribution in [1.29, 1.82) is 0 Å². The highest BCUT2D eigenvalue weighted by molar-refractivity contribution is 5.96. The first-order chi connectivity index (χ1) is 10.4. The van der Waals surface area contributed by atoms with Crippen LogP contribution >= 0.6 is 0 Å². The summed E-state index contributed by atoms with van der Waals surface area (Å²) in [4.78, 5) is 12.7. The summed E-state index contributed by atoms with van der Waals surface area (Å²) >= 11 is 0. The largest absolute Gasteiger partial charge is 0.493 e. The molecule has 0 saturated carbocycles. The van der Waals surface area contributed by atoms with E-state index in [2.05, 4.69) is 18.9 Å². The summed E-state index contributed by atoms with van der Waals surface area (Å²) in [6.45, 7) is 8.05. The van der Waals surface area contributed by atoms with Gasteiger partial charge in [0.05, 0.1) is 19.9 Å². The summed E-state index contributed by atoms with van der Waals surface area (Å²) in [5.41, 5.74) is 3.40. The maximum Gasteiger partial charge on any atom is 0.278 e. The highest BCUT2D eigenvalue weighted by Crippen LogP contribution is 2.29. The predicted octanol–water partition coefficient (Wildman–Crippen LogP) is 3.33. The van der Waals surface area contributed by atoms with Crippen molar-refractivity contribution in [3.63, 3.8) is 0 Å². The Morgan fingerprint density at radius 2 is 1.77 bits per heavy atom. The van der Waals surface area contributed by atoms with Crippen LogP contribution in [0.15, 0.2) is 18.2 Å². The maximum absolute atomic E-state index is 12.7. The molecule has 0 amide bonds. The highest BCUT2D eigenvalue weighted by atomic mass is 16.5. The number of hydrogen-bond donors (Lipinski definition) is 0. The molecule has 0 atom stereocenters. The quantitative estimate of drug-likeness (QED) is 0.869. The van der Waals surface area contributed by atoms with Gasteiger partial charge in [-0.1, -0.05) is 13.8 Å². The molecule has 5 nitrogen and oxygen atoms in total. The van der Waals surface area contributed by atoms with Crippen molar-refractivity contribution < 1.29 is 14.3 Å². The topological polar surface area (TPSA) is 53.4 Å². The fourth-order valence-corrected chi connectivity index (χ4v) is 2.78. The first-order valence-electron chi connectivity index (χ1n) is 7.23. The van der Waals surface area contributed by atoms with Crippen LogP contribution in [0.1, 0.15) is 47.1 Å². The van der Waals surface area contributed by atoms with Gasteiger partial charge in [-0.2, -0.15) is 5.10 Å². The summed E-state index contributed by atoms with van der Waals surface area (Å²) < 4.78 is 11.9. The van der Waals surface area contributed by atoms with E-state index in [4.69, 9.17) is 9.47 Å². The number of benzene rings is 1. The summed E-state index contributed by atoms with van der Waals surface area (Å²) in [6, 6.07) is 5.11. The summed E-state index contributed by atoms with van der Waals surface area (Å²) in [5.74, 6) is 1.27. The molecule has 1 heterocycles. The third kappa shape index (κ3) is 2.71. The summed E-state index contributed by atoms with van der Waals surface area (Å²) in [7, 11) is 3.11. The zero-order valence-electron chi connectivity index (χ0n) is 13.9. The Morgan fingerprint density at radius 1 is 1.14 bits per heavy atom. The van der Waals surface area contributed by atoms with Gasteiger partial charge in [-0.3, -0.25) is 4.79 Å². The van der Waals surface area contributed by atoms with E-state index in [-0.39, 0.29) is 5.91 Å². The van der Waals surface area contributed by atoms with E-state index in [0.29, 0.717) is 23.0 Å². The molecule has 1 aromatic carbocycles. The van der Waals surface area contributed by atoms with E-state index in [0.717, 1.165) is 17.0 Å². The number of ether oxygens (including phenoxy) is 2. The number of aromatic nitrogens is 2. The van der Waals surface area contributed by atoms with Gasteiger partial charge < -0.3 is 9.47 Å². The van der Waals surface area contributed by atoms with Crippen molar-refractivity contribution in [3.8, 4) is 11.5 Å². The Kier molecular flexibility index (Phi) is 4.54. The third-order valence-corrected chi connectivity index (χ3v) is 3.75. The number of nitrogens with zero attached hydrogens (tertiary/aromatic N) is 2. The molecule has 0 bridgehead atoms. The van der Waals surface area contributed by atoms with Gasteiger partial charge in [0.15, 0.2) is 11.5 Å². The molecule has 0 aliphatic rings. The van der Waals surface area contributed by atoms with Crippen molar-refractivity contribution in [2.45, 2.75) is 33.6 Å². The lowest BCUT2D eigenvalue weighted by Gasteiger charge is -2.10. The molecule has 0 radical (unpaired) electrons. The monoisotopic (exact) mass is 302 g/mol. The molecule has 2 aromatic rings.